The highest BCUT2D eigenvalue weighted by Crippen LogP contribution is 2.39. The van der Waals surface area contributed by atoms with Crippen LogP contribution in [-0.4, -0.2) is 52.4 Å². The number of halogens is 1. The molecule has 0 bridgehead atoms. The largest absolute Gasteiger partial charge is 0.447 e. The first-order chi connectivity index (χ1) is 19.8. The maximum atomic E-state index is 14.0. The summed E-state index contributed by atoms with van der Waals surface area (Å²) in [5.41, 5.74) is 2.65. The van der Waals surface area contributed by atoms with Gasteiger partial charge in [0.05, 0.1) is 12.1 Å². The van der Waals surface area contributed by atoms with E-state index in [1.165, 1.54) is 0 Å². The van der Waals surface area contributed by atoms with Crippen LogP contribution in [0.5, 0.6) is 0 Å². The van der Waals surface area contributed by atoms with E-state index in [1.807, 2.05) is 105 Å². The fourth-order valence-electron chi connectivity index (χ4n) is 5.54. The van der Waals surface area contributed by atoms with Crippen LogP contribution in [0.2, 0.25) is 5.02 Å². The fourth-order valence-corrected chi connectivity index (χ4v) is 5.74. The van der Waals surface area contributed by atoms with Crippen molar-refractivity contribution < 1.29 is 19.1 Å². The Hall–Kier alpha value is -4.10. The summed E-state index contributed by atoms with van der Waals surface area (Å²) in [4.78, 5) is 43.9. The molecule has 1 N–H and O–H groups in total. The number of carbonyl (C=O) groups excluding carboxylic acids is 3. The van der Waals surface area contributed by atoms with E-state index in [9.17, 15) is 14.4 Å². The van der Waals surface area contributed by atoms with Crippen molar-refractivity contribution in [1.29, 1.82) is 0 Å². The highest BCUT2D eigenvalue weighted by atomic mass is 35.5. The number of nitrogens with zero attached hydrogens (tertiary/aromatic N) is 2. The molecule has 3 aromatic carbocycles. The van der Waals surface area contributed by atoms with E-state index in [1.54, 1.807) is 15.9 Å². The number of cyclic esters (lactones) is 1. The van der Waals surface area contributed by atoms with Gasteiger partial charge in [-0.05, 0) is 35.1 Å². The molecule has 2 aliphatic heterocycles. The second kappa shape index (κ2) is 12.6. The van der Waals surface area contributed by atoms with Crippen molar-refractivity contribution in [2.45, 2.75) is 51.0 Å². The predicted molar refractivity (Wildman–Crippen MR) is 159 cm³/mol. The first-order valence-electron chi connectivity index (χ1n) is 13.9. The first-order valence-corrected chi connectivity index (χ1v) is 14.3. The third kappa shape index (κ3) is 6.15. The van der Waals surface area contributed by atoms with E-state index in [4.69, 9.17) is 16.3 Å². The van der Waals surface area contributed by atoms with Gasteiger partial charge in [-0.25, -0.2) is 4.79 Å². The summed E-state index contributed by atoms with van der Waals surface area (Å²) in [7, 11) is 0. The molecule has 212 valence electrons. The van der Waals surface area contributed by atoms with Crippen molar-refractivity contribution in [3.8, 4) is 0 Å². The lowest BCUT2D eigenvalue weighted by Gasteiger charge is -2.52. The molecule has 2 saturated heterocycles. The van der Waals surface area contributed by atoms with E-state index in [-0.39, 0.29) is 30.9 Å². The molecule has 7 nitrogen and oxygen atoms in total. The Morgan fingerprint density at radius 1 is 1.00 bits per heavy atom. The third-order valence-electron chi connectivity index (χ3n) is 7.58. The zero-order valence-corrected chi connectivity index (χ0v) is 23.9. The van der Waals surface area contributed by atoms with Crippen molar-refractivity contribution in [2.24, 2.45) is 5.92 Å². The summed E-state index contributed by atoms with van der Waals surface area (Å²) in [6.45, 7) is 4.45. The smallest absolute Gasteiger partial charge is 0.411 e. The Morgan fingerprint density at radius 2 is 1.66 bits per heavy atom. The van der Waals surface area contributed by atoms with Gasteiger partial charge in [-0.2, -0.15) is 0 Å². The average molecular weight is 572 g/mol. The van der Waals surface area contributed by atoms with Crippen LogP contribution in [0, 0.1) is 5.92 Å². The summed E-state index contributed by atoms with van der Waals surface area (Å²) in [5, 5.41) is 3.56. The van der Waals surface area contributed by atoms with Gasteiger partial charge in [-0.15, -0.1) is 0 Å². The summed E-state index contributed by atoms with van der Waals surface area (Å²) in [6, 6.07) is 24.2. The molecule has 0 aromatic heterocycles. The number of carbonyl (C=O) groups is 3. The van der Waals surface area contributed by atoms with E-state index < -0.39 is 30.3 Å². The van der Waals surface area contributed by atoms with Crippen molar-refractivity contribution in [2.75, 3.05) is 6.61 Å². The number of ether oxygens (including phenoxy) is 1. The maximum Gasteiger partial charge on any atom is 0.411 e. The van der Waals surface area contributed by atoms with Gasteiger partial charge in [0, 0.05) is 11.6 Å². The molecule has 4 atom stereocenters. The van der Waals surface area contributed by atoms with Crippen LogP contribution in [0.4, 0.5) is 4.79 Å². The lowest BCUT2D eigenvalue weighted by atomic mass is 9.86. The molecule has 0 spiro atoms. The van der Waals surface area contributed by atoms with Gasteiger partial charge in [-0.1, -0.05) is 116 Å². The molecule has 0 unspecified atom stereocenters. The number of rotatable bonds is 10. The first kappa shape index (κ1) is 28.4. The fraction of sp³-hybridized carbons (Fsp3) is 0.303. The molecule has 2 heterocycles. The van der Waals surface area contributed by atoms with Crippen molar-refractivity contribution >= 4 is 35.6 Å². The molecule has 5 rings (SSSR count). The summed E-state index contributed by atoms with van der Waals surface area (Å²) in [5.74, 6) is -0.385. The number of benzene rings is 3. The Bertz CT molecular complexity index is 1410. The lowest BCUT2D eigenvalue weighted by Crippen LogP contribution is -2.74. The van der Waals surface area contributed by atoms with Gasteiger partial charge in [0.1, 0.15) is 18.7 Å². The minimum atomic E-state index is -0.791. The molecule has 8 heteroatoms. The number of amides is 3. The molecule has 3 aromatic rings. The van der Waals surface area contributed by atoms with Crippen LogP contribution >= 0.6 is 11.6 Å². The number of hydrogen-bond donors (Lipinski definition) is 1. The van der Waals surface area contributed by atoms with Crippen LogP contribution in [-0.2, 0) is 20.9 Å². The SMILES string of the molecule is CC(C)C[C@@H](C(=O)NCc1ccccc1Cl)N1C(=O)[C@@H](N2C(=O)OC[C@@H]2c2ccccc2)[C@H]1/C=C/c1ccccc1. The highest BCUT2D eigenvalue weighted by Gasteiger charge is 2.57. The van der Waals surface area contributed by atoms with Gasteiger partial charge in [0.15, 0.2) is 0 Å². The zero-order chi connectivity index (χ0) is 28.9. The van der Waals surface area contributed by atoms with E-state index in [0.717, 1.165) is 16.7 Å². The molecular formula is C33H34ClN3O4. The van der Waals surface area contributed by atoms with Gasteiger partial charge < -0.3 is 15.0 Å². The average Bonchev–Trinajstić information content (AvgIpc) is 3.35. The van der Waals surface area contributed by atoms with Crippen molar-refractivity contribution in [3.05, 3.63) is 113 Å². The van der Waals surface area contributed by atoms with Crippen LogP contribution in [0.3, 0.4) is 0 Å². The quantitative estimate of drug-likeness (QED) is 0.309. The van der Waals surface area contributed by atoms with Crippen molar-refractivity contribution in [1.82, 2.24) is 15.1 Å². The van der Waals surface area contributed by atoms with Crippen LogP contribution < -0.4 is 5.32 Å². The Morgan fingerprint density at radius 3 is 2.34 bits per heavy atom. The second-order valence-corrected chi connectivity index (χ2v) is 11.2. The molecule has 2 fully saturated rings. The van der Waals surface area contributed by atoms with E-state index in [2.05, 4.69) is 5.32 Å². The minimum Gasteiger partial charge on any atom is -0.447 e. The van der Waals surface area contributed by atoms with E-state index in [0.29, 0.717) is 11.4 Å². The Labute approximate surface area is 245 Å². The van der Waals surface area contributed by atoms with Gasteiger partial charge >= 0.3 is 6.09 Å². The van der Waals surface area contributed by atoms with Crippen molar-refractivity contribution in [3.63, 3.8) is 0 Å². The zero-order valence-electron chi connectivity index (χ0n) is 23.2. The number of hydrogen-bond acceptors (Lipinski definition) is 4. The molecule has 0 radical (unpaired) electrons. The molecule has 3 amide bonds. The summed E-state index contributed by atoms with van der Waals surface area (Å²) >= 11 is 6.31. The Kier molecular flexibility index (Phi) is 8.74. The number of likely N-dealkylation sites (tertiary alicyclic amines) is 1. The van der Waals surface area contributed by atoms with Crippen LogP contribution in [0.25, 0.3) is 6.08 Å². The topological polar surface area (TPSA) is 79.0 Å². The minimum absolute atomic E-state index is 0.144. The van der Waals surface area contributed by atoms with E-state index >= 15 is 0 Å². The van der Waals surface area contributed by atoms with Crippen LogP contribution in [0.15, 0.2) is 91.0 Å². The molecule has 0 saturated carbocycles. The molecular weight excluding hydrogens is 538 g/mol. The monoisotopic (exact) mass is 571 g/mol. The summed E-state index contributed by atoms with van der Waals surface area (Å²) < 4.78 is 5.46. The molecule has 2 aliphatic rings. The third-order valence-corrected chi connectivity index (χ3v) is 7.95. The van der Waals surface area contributed by atoms with Gasteiger partial charge in [-0.3, -0.25) is 14.5 Å². The van der Waals surface area contributed by atoms with Gasteiger partial charge in [0.25, 0.3) is 0 Å². The predicted octanol–water partition coefficient (Wildman–Crippen LogP) is 5.86. The lowest BCUT2D eigenvalue weighted by molar-refractivity contribution is -0.163. The molecule has 41 heavy (non-hydrogen) atoms. The molecule has 0 aliphatic carbocycles. The summed E-state index contributed by atoms with van der Waals surface area (Å²) in [6.07, 6.45) is 3.79. The Balaban J connectivity index is 1.46. The standard InChI is InChI=1S/C33H34ClN3O4/c1-22(2)19-28(31(38)35-20-25-15-9-10-16-26(25)34)36-27(18-17-23-11-5-3-6-12-23)30(32(36)39)37-29(21-41-33(37)40)24-13-7-4-8-14-24/h3-18,22,27-30H,19-21H2,1-2H3,(H,35,38)/b18-17+/t27-,28+,29-,30+/m1/s1. The maximum absolute atomic E-state index is 14.0. The normalized spacial score (nSPS) is 21.2. The number of nitrogens with one attached hydrogen (secondary N) is 1. The van der Waals surface area contributed by atoms with Gasteiger partial charge in [0.2, 0.25) is 11.8 Å². The second-order valence-electron chi connectivity index (χ2n) is 10.8. The highest BCUT2D eigenvalue weighted by molar-refractivity contribution is 6.31. The van der Waals surface area contributed by atoms with Crippen LogP contribution in [0.1, 0.15) is 43.0 Å². The number of β-lactam (4-membered cyclic amide) rings is 1.